The zero-order chi connectivity index (χ0) is 9.23. The van der Waals surface area contributed by atoms with Crippen LogP contribution in [-0.4, -0.2) is 12.1 Å². The predicted molar refractivity (Wildman–Crippen MR) is 47.8 cm³/mol. The Kier molecular flexibility index (Phi) is 6.74. The van der Waals surface area contributed by atoms with Gasteiger partial charge in [-0.1, -0.05) is 36.4 Å². The first-order valence-electron chi connectivity index (χ1n) is 3.70. The maximum Gasteiger partial charge on any atom is 0.136 e. The molecule has 64 valence electrons. The molecule has 0 aliphatic rings. The maximum absolute atomic E-state index is 9.81. The Hall–Kier alpha value is -1.44. The Labute approximate surface area is 72.2 Å². The normalized spacial score (nSPS) is 7.75. The van der Waals surface area contributed by atoms with E-state index in [0.717, 1.165) is 0 Å². The number of aldehydes is 1. The molecule has 1 aromatic rings. The lowest BCUT2D eigenvalue weighted by molar-refractivity contribution is -0.120. The van der Waals surface area contributed by atoms with Gasteiger partial charge < -0.3 is 4.79 Å². The minimum atomic E-state index is -0.0787. The van der Waals surface area contributed by atoms with Crippen LogP contribution in [-0.2, 0) is 9.59 Å². The van der Waals surface area contributed by atoms with Gasteiger partial charge in [-0.15, -0.1) is 0 Å². The third-order valence-corrected chi connectivity index (χ3v) is 1.04. The number of hydrogen-bond acceptors (Lipinski definition) is 2. The summed E-state index contributed by atoms with van der Waals surface area (Å²) in [6, 6.07) is 12.0. The van der Waals surface area contributed by atoms with E-state index in [4.69, 9.17) is 0 Å². The fourth-order valence-corrected chi connectivity index (χ4v) is 0.502. The highest BCUT2D eigenvalue weighted by molar-refractivity contribution is 5.87. The fourth-order valence-electron chi connectivity index (χ4n) is 0.502. The van der Waals surface area contributed by atoms with Crippen LogP contribution < -0.4 is 0 Å². The SMILES string of the molecule is CC(=O)CC=O.c1ccccc1. The van der Waals surface area contributed by atoms with E-state index < -0.39 is 0 Å². The molecule has 0 unspecified atom stereocenters. The van der Waals surface area contributed by atoms with E-state index in [-0.39, 0.29) is 12.2 Å². The van der Waals surface area contributed by atoms with Crippen LogP contribution >= 0.6 is 0 Å². The molecular formula is C10H12O2. The summed E-state index contributed by atoms with van der Waals surface area (Å²) in [7, 11) is 0. The van der Waals surface area contributed by atoms with Crippen molar-refractivity contribution in [2.24, 2.45) is 0 Å². The Morgan fingerprint density at radius 1 is 1.08 bits per heavy atom. The third kappa shape index (κ3) is 8.56. The Balaban J connectivity index is 0.000000202. The van der Waals surface area contributed by atoms with Gasteiger partial charge in [0, 0.05) is 0 Å². The van der Waals surface area contributed by atoms with E-state index in [2.05, 4.69) is 0 Å². The molecule has 0 heterocycles. The van der Waals surface area contributed by atoms with Gasteiger partial charge >= 0.3 is 0 Å². The highest BCUT2D eigenvalue weighted by Crippen LogP contribution is 1.79. The van der Waals surface area contributed by atoms with Crippen molar-refractivity contribution in [3.63, 3.8) is 0 Å². The lowest BCUT2D eigenvalue weighted by Crippen LogP contribution is -1.87. The number of rotatable bonds is 2. The van der Waals surface area contributed by atoms with Crippen LogP contribution in [0.4, 0.5) is 0 Å². The molecule has 0 fully saturated rings. The zero-order valence-electron chi connectivity index (χ0n) is 7.07. The van der Waals surface area contributed by atoms with Crippen molar-refractivity contribution in [2.75, 3.05) is 0 Å². The van der Waals surface area contributed by atoms with E-state index in [0.29, 0.717) is 6.29 Å². The van der Waals surface area contributed by atoms with Crippen molar-refractivity contribution < 1.29 is 9.59 Å². The van der Waals surface area contributed by atoms with Crippen molar-refractivity contribution in [3.05, 3.63) is 36.4 Å². The smallest absolute Gasteiger partial charge is 0.136 e. The van der Waals surface area contributed by atoms with Crippen molar-refractivity contribution in [2.45, 2.75) is 13.3 Å². The molecule has 0 bridgehead atoms. The molecule has 12 heavy (non-hydrogen) atoms. The highest BCUT2D eigenvalue weighted by atomic mass is 16.1. The largest absolute Gasteiger partial charge is 0.303 e. The van der Waals surface area contributed by atoms with E-state index in [1.165, 1.54) is 6.92 Å². The number of carbonyl (C=O) groups is 2. The molecule has 0 saturated heterocycles. The molecule has 0 saturated carbocycles. The van der Waals surface area contributed by atoms with E-state index in [9.17, 15) is 9.59 Å². The van der Waals surface area contributed by atoms with Crippen LogP contribution in [0.15, 0.2) is 36.4 Å². The van der Waals surface area contributed by atoms with Crippen LogP contribution in [0.5, 0.6) is 0 Å². The summed E-state index contributed by atoms with van der Waals surface area (Å²) < 4.78 is 0. The Bertz CT molecular complexity index is 190. The molecule has 2 heteroatoms. The number of ketones is 1. The molecule has 0 radical (unpaired) electrons. The molecule has 0 aromatic heterocycles. The molecule has 0 aliphatic heterocycles. The summed E-state index contributed by atoms with van der Waals surface area (Å²) in [6.45, 7) is 1.38. The molecule has 0 aliphatic carbocycles. The topological polar surface area (TPSA) is 34.1 Å². The first-order chi connectivity index (χ1) is 5.77. The van der Waals surface area contributed by atoms with Gasteiger partial charge in [0.15, 0.2) is 0 Å². The zero-order valence-corrected chi connectivity index (χ0v) is 7.07. The monoisotopic (exact) mass is 164 g/mol. The first kappa shape index (κ1) is 10.6. The fraction of sp³-hybridized carbons (Fsp3) is 0.200. The van der Waals surface area contributed by atoms with Crippen LogP contribution in [0.1, 0.15) is 13.3 Å². The van der Waals surface area contributed by atoms with Gasteiger partial charge in [-0.05, 0) is 6.92 Å². The molecule has 1 aromatic carbocycles. The molecular weight excluding hydrogens is 152 g/mol. The van der Waals surface area contributed by atoms with Gasteiger partial charge in [-0.3, -0.25) is 4.79 Å². The molecule has 0 spiro atoms. The second-order valence-corrected chi connectivity index (χ2v) is 2.23. The second-order valence-electron chi connectivity index (χ2n) is 2.23. The van der Waals surface area contributed by atoms with Gasteiger partial charge in [0.1, 0.15) is 12.1 Å². The second kappa shape index (κ2) is 7.66. The van der Waals surface area contributed by atoms with Gasteiger partial charge in [-0.2, -0.15) is 0 Å². The number of hydrogen-bond donors (Lipinski definition) is 0. The minimum absolute atomic E-state index is 0.0556. The van der Waals surface area contributed by atoms with E-state index >= 15 is 0 Å². The molecule has 0 N–H and O–H groups in total. The molecule has 1 rings (SSSR count). The van der Waals surface area contributed by atoms with Gasteiger partial charge in [0.25, 0.3) is 0 Å². The predicted octanol–water partition coefficient (Wildman–Crippen LogP) is 1.85. The number of Topliss-reactive ketones (excluding diaryl/α,β-unsaturated/α-hetero) is 1. The summed E-state index contributed by atoms with van der Waals surface area (Å²) in [5, 5.41) is 0. The maximum atomic E-state index is 9.81. The molecule has 0 amide bonds. The van der Waals surface area contributed by atoms with Crippen molar-refractivity contribution in [1.29, 1.82) is 0 Å². The summed E-state index contributed by atoms with van der Waals surface area (Å²) in [6.07, 6.45) is 0.655. The average Bonchev–Trinajstić information content (AvgIpc) is 2.08. The van der Waals surface area contributed by atoms with Gasteiger partial charge in [-0.25, -0.2) is 0 Å². The van der Waals surface area contributed by atoms with Crippen LogP contribution in [0.25, 0.3) is 0 Å². The van der Waals surface area contributed by atoms with Gasteiger partial charge in [0.05, 0.1) is 6.42 Å². The number of benzene rings is 1. The van der Waals surface area contributed by atoms with Crippen molar-refractivity contribution >= 4 is 12.1 Å². The van der Waals surface area contributed by atoms with Gasteiger partial charge in [0.2, 0.25) is 0 Å². The van der Waals surface area contributed by atoms with Crippen LogP contribution in [0.3, 0.4) is 0 Å². The first-order valence-corrected chi connectivity index (χ1v) is 3.70. The van der Waals surface area contributed by atoms with E-state index in [1.54, 1.807) is 0 Å². The van der Waals surface area contributed by atoms with E-state index in [1.807, 2.05) is 36.4 Å². The Morgan fingerprint density at radius 3 is 1.50 bits per heavy atom. The lowest BCUT2D eigenvalue weighted by Gasteiger charge is -1.71. The third-order valence-electron chi connectivity index (χ3n) is 1.04. The standard InChI is InChI=1S/C6H6.C4H6O2/c1-2-4-6-5-3-1;1-4(6)2-3-5/h1-6H;3H,2H2,1H3. The van der Waals surface area contributed by atoms with Crippen molar-refractivity contribution in [3.8, 4) is 0 Å². The number of carbonyl (C=O) groups excluding carboxylic acids is 2. The quantitative estimate of drug-likeness (QED) is 0.493. The summed E-state index contributed by atoms with van der Waals surface area (Å²) in [5.74, 6) is -0.0787. The van der Waals surface area contributed by atoms with Crippen LogP contribution in [0.2, 0.25) is 0 Å². The molecule has 0 atom stereocenters. The summed E-state index contributed by atoms with van der Waals surface area (Å²) in [4.78, 5) is 19.2. The highest BCUT2D eigenvalue weighted by Gasteiger charge is 1.83. The Morgan fingerprint density at radius 2 is 1.42 bits per heavy atom. The summed E-state index contributed by atoms with van der Waals surface area (Å²) in [5.41, 5.74) is 0. The minimum Gasteiger partial charge on any atom is -0.303 e. The van der Waals surface area contributed by atoms with Crippen molar-refractivity contribution in [1.82, 2.24) is 0 Å². The summed E-state index contributed by atoms with van der Waals surface area (Å²) >= 11 is 0. The van der Waals surface area contributed by atoms with Crippen LogP contribution in [0, 0.1) is 0 Å². The lowest BCUT2D eigenvalue weighted by atomic mass is 10.3. The molecule has 2 nitrogen and oxygen atoms in total. The average molecular weight is 164 g/mol.